The molecule has 1 saturated heterocycles. The molecule has 1 aromatic carbocycles. The maximum absolute atomic E-state index is 13.2. The third kappa shape index (κ3) is 4.41. The molecule has 0 aromatic heterocycles. The lowest BCUT2D eigenvalue weighted by Gasteiger charge is -2.29. The summed E-state index contributed by atoms with van der Waals surface area (Å²) < 4.78 is 50.2. The monoisotopic (exact) mass is 416 g/mol. The number of rotatable bonds is 5. The molecule has 9 heteroatoms. The minimum absolute atomic E-state index is 0.0907. The number of carbonyl (C=O) groups is 1. The van der Waals surface area contributed by atoms with Crippen LogP contribution < -0.4 is 10.1 Å². The Labute approximate surface area is 166 Å². The van der Waals surface area contributed by atoms with E-state index in [2.05, 4.69) is 10.2 Å². The summed E-state index contributed by atoms with van der Waals surface area (Å²) in [6, 6.07) is 1.86. The Morgan fingerprint density at radius 3 is 2.61 bits per heavy atom. The van der Waals surface area contributed by atoms with Crippen molar-refractivity contribution in [1.82, 2.24) is 10.2 Å². The van der Waals surface area contributed by atoms with Crippen LogP contribution in [0.15, 0.2) is 28.4 Å². The summed E-state index contributed by atoms with van der Waals surface area (Å²) in [5, 5.41) is 2.91. The van der Waals surface area contributed by atoms with Crippen molar-refractivity contribution in [1.29, 1.82) is 0 Å². The van der Waals surface area contributed by atoms with Gasteiger partial charge in [-0.2, -0.15) is 13.2 Å². The Bertz CT molecular complexity index is 749. The maximum atomic E-state index is 13.2. The highest BCUT2D eigenvalue weighted by Crippen LogP contribution is 2.38. The summed E-state index contributed by atoms with van der Waals surface area (Å²) in [7, 11) is 1.26. The smallest absolute Gasteiger partial charge is 0.416 e. The van der Waals surface area contributed by atoms with E-state index in [0.29, 0.717) is 19.6 Å². The molecule has 3 rings (SSSR count). The number of nitrogens with one attached hydrogen (secondary N) is 1. The normalized spacial score (nSPS) is 17.8. The van der Waals surface area contributed by atoms with Crippen molar-refractivity contribution >= 4 is 17.7 Å². The van der Waals surface area contributed by atoms with Gasteiger partial charge < -0.3 is 19.7 Å². The summed E-state index contributed by atoms with van der Waals surface area (Å²) in [5.41, 5.74) is 0.997. The van der Waals surface area contributed by atoms with Gasteiger partial charge in [-0.1, -0.05) is 0 Å². The van der Waals surface area contributed by atoms with E-state index in [1.54, 1.807) is 6.26 Å². The number of hydrogen-bond donors (Lipinski definition) is 1. The first kappa shape index (κ1) is 20.9. The molecule has 2 heterocycles. The van der Waals surface area contributed by atoms with E-state index in [1.807, 2.05) is 0 Å². The van der Waals surface area contributed by atoms with Gasteiger partial charge in [0.25, 0.3) is 5.91 Å². The van der Waals surface area contributed by atoms with Crippen LogP contribution in [0.5, 0.6) is 5.75 Å². The van der Waals surface area contributed by atoms with Crippen molar-refractivity contribution in [3.05, 3.63) is 34.7 Å². The molecule has 0 bridgehead atoms. The molecule has 2 aliphatic heterocycles. The summed E-state index contributed by atoms with van der Waals surface area (Å²) in [5.74, 6) is -0.560. The number of nitrogens with zero attached hydrogens (tertiary/aromatic N) is 1. The second-order valence-corrected chi connectivity index (χ2v) is 7.48. The molecule has 1 amide bonds. The summed E-state index contributed by atoms with van der Waals surface area (Å²) in [4.78, 5) is 15.4. The van der Waals surface area contributed by atoms with Crippen molar-refractivity contribution in [3.63, 3.8) is 0 Å². The van der Waals surface area contributed by atoms with Crippen LogP contribution >= 0.6 is 11.8 Å². The highest BCUT2D eigenvalue weighted by Gasteiger charge is 2.34. The van der Waals surface area contributed by atoms with Crippen LogP contribution in [0.25, 0.3) is 0 Å². The molecule has 0 aliphatic carbocycles. The van der Waals surface area contributed by atoms with E-state index in [4.69, 9.17) is 9.47 Å². The van der Waals surface area contributed by atoms with Crippen molar-refractivity contribution < 1.29 is 27.4 Å². The van der Waals surface area contributed by atoms with Crippen molar-refractivity contribution in [2.45, 2.75) is 30.3 Å². The average Bonchev–Trinajstić information content (AvgIpc) is 3.21. The molecular formula is C19H23F3N2O3S. The van der Waals surface area contributed by atoms with Gasteiger partial charge in [-0.25, -0.2) is 0 Å². The topological polar surface area (TPSA) is 50.8 Å². The molecule has 0 spiro atoms. The summed E-state index contributed by atoms with van der Waals surface area (Å²) in [6.45, 7) is 2.75. The van der Waals surface area contributed by atoms with Gasteiger partial charge in [0.05, 0.1) is 37.1 Å². The SMILES string of the molecule is COc1cc(C(F)(F)F)cc(SC)c1C(=O)NC1=C(N2CCCC2)COCC1. The molecular weight excluding hydrogens is 393 g/mol. The predicted molar refractivity (Wildman–Crippen MR) is 101 cm³/mol. The fraction of sp³-hybridized carbons (Fsp3) is 0.526. The molecule has 154 valence electrons. The molecule has 0 unspecified atom stereocenters. The number of likely N-dealkylation sites (tertiary alicyclic amines) is 1. The Morgan fingerprint density at radius 2 is 2.00 bits per heavy atom. The molecule has 0 saturated carbocycles. The molecule has 1 aromatic rings. The van der Waals surface area contributed by atoms with Gasteiger partial charge in [0, 0.05) is 30.1 Å². The van der Waals surface area contributed by atoms with Crippen molar-refractivity contribution in [3.8, 4) is 5.75 Å². The Balaban J connectivity index is 1.95. The minimum atomic E-state index is -4.51. The largest absolute Gasteiger partial charge is 0.496 e. The molecule has 1 N–H and O–H groups in total. The average molecular weight is 416 g/mol. The molecule has 0 atom stereocenters. The number of ether oxygens (including phenoxy) is 2. The third-order valence-corrected chi connectivity index (χ3v) is 5.66. The van der Waals surface area contributed by atoms with Gasteiger partial charge in [-0.05, 0) is 31.2 Å². The molecule has 0 radical (unpaired) electrons. The van der Waals surface area contributed by atoms with Crippen LogP contribution in [0.2, 0.25) is 0 Å². The van der Waals surface area contributed by atoms with E-state index in [9.17, 15) is 18.0 Å². The van der Waals surface area contributed by atoms with Gasteiger partial charge in [0.1, 0.15) is 5.75 Å². The quantitative estimate of drug-likeness (QED) is 0.738. The lowest BCUT2D eigenvalue weighted by atomic mass is 10.1. The first-order valence-corrected chi connectivity index (χ1v) is 10.3. The van der Waals surface area contributed by atoms with Crippen LogP contribution in [0.4, 0.5) is 13.2 Å². The number of hydrogen-bond acceptors (Lipinski definition) is 5. The highest BCUT2D eigenvalue weighted by molar-refractivity contribution is 7.98. The highest BCUT2D eigenvalue weighted by atomic mass is 32.2. The zero-order valence-corrected chi connectivity index (χ0v) is 16.6. The first-order chi connectivity index (χ1) is 13.3. The first-order valence-electron chi connectivity index (χ1n) is 9.04. The maximum Gasteiger partial charge on any atom is 0.416 e. The lowest BCUT2D eigenvalue weighted by molar-refractivity contribution is -0.137. The van der Waals surface area contributed by atoms with Crippen LogP contribution in [0, 0.1) is 0 Å². The number of alkyl halides is 3. The van der Waals surface area contributed by atoms with E-state index in [-0.39, 0.29) is 16.2 Å². The van der Waals surface area contributed by atoms with Gasteiger partial charge in [-0.3, -0.25) is 4.79 Å². The number of benzene rings is 1. The van der Waals surface area contributed by atoms with Gasteiger partial charge in [0.2, 0.25) is 0 Å². The zero-order valence-electron chi connectivity index (χ0n) is 15.8. The second-order valence-electron chi connectivity index (χ2n) is 6.63. The van der Waals surface area contributed by atoms with Gasteiger partial charge >= 0.3 is 6.18 Å². The molecule has 1 fully saturated rings. The number of carbonyl (C=O) groups excluding carboxylic acids is 1. The van der Waals surface area contributed by atoms with E-state index in [1.165, 1.54) is 7.11 Å². The van der Waals surface area contributed by atoms with Crippen molar-refractivity contribution in [2.75, 3.05) is 39.7 Å². The van der Waals surface area contributed by atoms with E-state index in [0.717, 1.165) is 61.2 Å². The van der Waals surface area contributed by atoms with Gasteiger partial charge in [0.15, 0.2) is 0 Å². The number of thioether (sulfide) groups is 1. The second kappa shape index (κ2) is 8.65. The van der Waals surface area contributed by atoms with Gasteiger partial charge in [-0.15, -0.1) is 11.8 Å². The van der Waals surface area contributed by atoms with E-state index < -0.39 is 17.6 Å². The minimum Gasteiger partial charge on any atom is -0.496 e. The van der Waals surface area contributed by atoms with E-state index >= 15 is 0 Å². The molecule has 5 nitrogen and oxygen atoms in total. The number of methoxy groups -OCH3 is 1. The number of amides is 1. The summed E-state index contributed by atoms with van der Waals surface area (Å²) >= 11 is 1.08. The predicted octanol–water partition coefficient (Wildman–Crippen LogP) is 3.89. The zero-order chi connectivity index (χ0) is 20.3. The Kier molecular flexibility index (Phi) is 6.44. The van der Waals surface area contributed by atoms with Crippen LogP contribution in [-0.4, -0.2) is 50.5 Å². The van der Waals surface area contributed by atoms with Crippen LogP contribution in [0.1, 0.15) is 35.2 Å². The van der Waals surface area contributed by atoms with Crippen molar-refractivity contribution in [2.24, 2.45) is 0 Å². The van der Waals surface area contributed by atoms with Crippen LogP contribution in [0.3, 0.4) is 0 Å². The Hall–Kier alpha value is -1.87. The fourth-order valence-corrected chi connectivity index (χ4v) is 4.12. The standard InChI is InChI=1S/C19H23F3N2O3S/c1-26-15-9-12(19(20,21)22)10-16(28-2)17(15)18(25)23-13-5-8-27-11-14(13)24-6-3-4-7-24/h9-10H,3-8,11H2,1-2H3,(H,23,25). The lowest BCUT2D eigenvalue weighted by Crippen LogP contribution is -2.34. The summed E-state index contributed by atoms with van der Waals surface area (Å²) in [6.07, 6.45) is -0.148. The third-order valence-electron chi connectivity index (χ3n) is 4.90. The molecule has 2 aliphatic rings. The van der Waals surface area contributed by atoms with Crippen LogP contribution in [-0.2, 0) is 10.9 Å². The fourth-order valence-electron chi connectivity index (χ4n) is 3.48. The number of halogens is 3. The molecule has 28 heavy (non-hydrogen) atoms. The Morgan fingerprint density at radius 1 is 1.29 bits per heavy atom.